The molecule has 1 aromatic carbocycles. The molecule has 0 unspecified atom stereocenters. The van der Waals surface area contributed by atoms with Crippen molar-refractivity contribution < 1.29 is 4.74 Å². The van der Waals surface area contributed by atoms with Crippen molar-refractivity contribution in [3.8, 4) is 11.8 Å². The molecular weight excluding hydrogens is 342 g/mol. The third-order valence-electron chi connectivity index (χ3n) is 3.14. The molecule has 2 aromatic heterocycles. The van der Waals surface area contributed by atoms with E-state index < -0.39 is 0 Å². The number of hydrogen-bond donors (Lipinski definition) is 2. The zero-order chi connectivity index (χ0) is 17.5. The van der Waals surface area contributed by atoms with Crippen LogP contribution in [-0.4, -0.2) is 25.6 Å². The number of aromatic nitrogens is 5. The second-order valence-electron chi connectivity index (χ2n) is 4.84. The number of aromatic amines is 1. The van der Waals surface area contributed by atoms with Crippen LogP contribution in [0.5, 0.6) is 5.75 Å². The van der Waals surface area contributed by atoms with E-state index >= 15 is 0 Å². The topological polar surface area (TPSA) is 112 Å². The van der Waals surface area contributed by atoms with E-state index in [4.69, 9.17) is 21.6 Å². The number of nitrogens with one attached hydrogen (secondary N) is 2. The van der Waals surface area contributed by atoms with Crippen LogP contribution in [0.15, 0.2) is 48.9 Å². The summed E-state index contributed by atoms with van der Waals surface area (Å²) in [6.45, 7) is 0.372. The number of rotatable bonds is 6. The first-order chi connectivity index (χ1) is 12.3. The predicted octanol–water partition coefficient (Wildman–Crippen LogP) is 2.80. The van der Waals surface area contributed by atoms with Gasteiger partial charge in [-0.15, -0.1) is 10.2 Å². The van der Waals surface area contributed by atoms with E-state index in [0.29, 0.717) is 23.1 Å². The number of benzene rings is 1. The molecular formula is C16H12ClN7O. The van der Waals surface area contributed by atoms with Crippen LogP contribution >= 0.6 is 11.6 Å². The number of H-pyrrole nitrogens is 1. The van der Waals surface area contributed by atoms with Crippen molar-refractivity contribution >= 4 is 22.9 Å². The highest BCUT2D eigenvalue weighted by Gasteiger charge is 2.07. The molecule has 0 spiro atoms. The largest absolute Gasteiger partial charge is 0.487 e. The summed E-state index contributed by atoms with van der Waals surface area (Å²) in [7, 11) is 0. The molecule has 124 valence electrons. The van der Waals surface area contributed by atoms with E-state index in [0.717, 1.165) is 5.56 Å². The van der Waals surface area contributed by atoms with Crippen molar-refractivity contribution in [3.05, 3.63) is 65.3 Å². The molecule has 3 rings (SSSR count). The SMILES string of the molecule is N#CC(=CNc1ccc(OCc2cccnc2)c(Cl)c1)c1nn[nH]n1. The molecule has 8 nitrogen and oxygen atoms in total. The third kappa shape index (κ3) is 4.31. The van der Waals surface area contributed by atoms with Gasteiger partial charge in [0, 0.05) is 29.8 Å². The number of allylic oxidation sites excluding steroid dienone is 1. The monoisotopic (exact) mass is 353 g/mol. The van der Waals surface area contributed by atoms with Gasteiger partial charge in [0.05, 0.1) is 5.02 Å². The van der Waals surface area contributed by atoms with Crippen molar-refractivity contribution in [1.29, 1.82) is 5.26 Å². The molecule has 0 aliphatic rings. The molecule has 25 heavy (non-hydrogen) atoms. The summed E-state index contributed by atoms with van der Waals surface area (Å²) in [5.41, 5.74) is 1.87. The molecule has 0 amide bonds. The lowest BCUT2D eigenvalue weighted by atomic mass is 10.2. The Labute approximate surface area is 148 Å². The second kappa shape index (κ2) is 7.90. The standard InChI is InChI=1S/C16H12ClN7O/c17-14-6-13(20-9-12(7-18)16-21-23-24-22-16)3-4-15(14)25-10-11-2-1-5-19-8-11/h1-6,8-9,20H,10H2,(H,21,22,23,24). The smallest absolute Gasteiger partial charge is 0.216 e. The first kappa shape index (κ1) is 16.4. The number of ether oxygens (including phenoxy) is 1. The Morgan fingerprint density at radius 2 is 2.32 bits per heavy atom. The van der Waals surface area contributed by atoms with Crippen LogP contribution in [0.25, 0.3) is 5.57 Å². The van der Waals surface area contributed by atoms with Crippen LogP contribution in [-0.2, 0) is 6.61 Å². The van der Waals surface area contributed by atoms with Gasteiger partial charge in [0.15, 0.2) is 0 Å². The number of halogens is 1. The first-order valence-corrected chi connectivity index (χ1v) is 7.56. The van der Waals surface area contributed by atoms with Crippen LogP contribution in [0.3, 0.4) is 0 Å². The molecule has 3 aromatic rings. The minimum absolute atomic E-state index is 0.206. The first-order valence-electron chi connectivity index (χ1n) is 7.18. The van der Waals surface area contributed by atoms with Crippen molar-refractivity contribution in [1.82, 2.24) is 25.6 Å². The number of nitrogens with zero attached hydrogens (tertiary/aromatic N) is 5. The highest BCUT2D eigenvalue weighted by molar-refractivity contribution is 6.32. The highest BCUT2D eigenvalue weighted by Crippen LogP contribution is 2.28. The molecule has 2 N–H and O–H groups in total. The molecule has 0 radical (unpaired) electrons. The van der Waals surface area contributed by atoms with Gasteiger partial charge in [-0.2, -0.15) is 10.5 Å². The molecule has 0 bridgehead atoms. The van der Waals surface area contributed by atoms with Crippen molar-refractivity contribution in [2.75, 3.05) is 5.32 Å². The summed E-state index contributed by atoms with van der Waals surface area (Å²) in [6.07, 6.45) is 4.91. The van der Waals surface area contributed by atoms with Gasteiger partial charge in [-0.1, -0.05) is 17.7 Å². The summed E-state index contributed by atoms with van der Waals surface area (Å²) in [5.74, 6) is 0.760. The van der Waals surface area contributed by atoms with Crippen molar-refractivity contribution in [2.24, 2.45) is 0 Å². The maximum atomic E-state index is 9.12. The molecule has 0 aliphatic carbocycles. The van der Waals surface area contributed by atoms with E-state index in [2.05, 4.69) is 30.9 Å². The fourth-order valence-electron chi connectivity index (χ4n) is 1.93. The zero-order valence-electron chi connectivity index (χ0n) is 12.8. The maximum absolute atomic E-state index is 9.12. The van der Waals surface area contributed by atoms with Gasteiger partial charge in [0.2, 0.25) is 5.82 Å². The Kier molecular flexibility index (Phi) is 5.19. The molecule has 2 heterocycles. The van der Waals surface area contributed by atoms with Gasteiger partial charge in [0.25, 0.3) is 0 Å². The van der Waals surface area contributed by atoms with Crippen LogP contribution in [0.1, 0.15) is 11.4 Å². The van der Waals surface area contributed by atoms with Crippen molar-refractivity contribution in [2.45, 2.75) is 6.61 Å². The lowest BCUT2D eigenvalue weighted by Gasteiger charge is -2.09. The van der Waals surface area contributed by atoms with Crippen molar-refractivity contribution in [3.63, 3.8) is 0 Å². The predicted molar refractivity (Wildman–Crippen MR) is 91.4 cm³/mol. The fourth-order valence-corrected chi connectivity index (χ4v) is 2.17. The van der Waals surface area contributed by atoms with Crippen LogP contribution in [0.2, 0.25) is 5.02 Å². The minimum atomic E-state index is 0.206. The molecule has 0 atom stereocenters. The Hall–Kier alpha value is -3.44. The second-order valence-corrected chi connectivity index (χ2v) is 5.25. The molecule has 0 saturated carbocycles. The third-order valence-corrected chi connectivity index (χ3v) is 3.43. The van der Waals surface area contributed by atoms with E-state index in [1.165, 1.54) is 6.20 Å². The van der Waals surface area contributed by atoms with E-state index in [1.54, 1.807) is 30.6 Å². The average Bonchev–Trinajstić information content (AvgIpc) is 3.17. The number of anilines is 1. The lowest BCUT2D eigenvalue weighted by molar-refractivity contribution is 0.306. The molecule has 0 fully saturated rings. The zero-order valence-corrected chi connectivity index (χ0v) is 13.6. The fraction of sp³-hybridized carbons (Fsp3) is 0.0625. The summed E-state index contributed by atoms with van der Waals surface area (Å²) in [5, 5.41) is 25.8. The van der Waals surface area contributed by atoms with Gasteiger partial charge in [-0.05, 0) is 29.5 Å². The normalized spacial score (nSPS) is 11.0. The summed E-state index contributed by atoms with van der Waals surface area (Å²) in [6, 6.07) is 11.0. The number of nitriles is 1. The summed E-state index contributed by atoms with van der Waals surface area (Å²) >= 11 is 6.24. The number of pyridine rings is 1. The Bertz CT molecular complexity index is 904. The van der Waals surface area contributed by atoms with Gasteiger partial charge in [0.1, 0.15) is 24.0 Å². The lowest BCUT2D eigenvalue weighted by Crippen LogP contribution is -1.97. The van der Waals surface area contributed by atoms with E-state index in [-0.39, 0.29) is 11.4 Å². The summed E-state index contributed by atoms with van der Waals surface area (Å²) in [4.78, 5) is 4.03. The molecule has 0 saturated heterocycles. The van der Waals surface area contributed by atoms with E-state index in [1.807, 2.05) is 18.2 Å². The average molecular weight is 354 g/mol. The highest BCUT2D eigenvalue weighted by atomic mass is 35.5. The van der Waals surface area contributed by atoms with Gasteiger partial charge < -0.3 is 10.1 Å². The van der Waals surface area contributed by atoms with Gasteiger partial charge in [-0.3, -0.25) is 4.98 Å². The maximum Gasteiger partial charge on any atom is 0.216 e. The molecule has 9 heteroatoms. The molecule has 0 aliphatic heterocycles. The van der Waals surface area contributed by atoms with Gasteiger partial charge in [-0.25, -0.2) is 0 Å². The van der Waals surface area contributed by atoms with Crippen LogP contribution in [0, 0.1) is 11.3 Å². The minimum Gasteiger partial charge on any atom is -0.487 e. The Morgan fingerprint density at radius 3 is 3.00 bits per heavy atom. The number of tetrazole rings is 1. The number of hydrogen-bond acceptors (Lipinski definition) is 7. The van der Waals surface area contributed by atoms with Gasteiger partial charge >= 0.3 is 0 Å². The van der Waals surface area contributed by atoms with Crippen LogP contribution < -0.4 is 10.1 Å². The summed E-state index contributed by atoms with van der Waals surface area (Å²) < 4.78 is 5.68. The van der Waals surface area contributed by atoms with Crippen LogP contribution in [0.4, 0.5) is 5.69 Å². The quantitative estimate of drug-likeness (QED) is 0.655. The Balaban J connectivity index is 1.66. The Morgan fingerprint density at radius 1 is 1.40 bits per heavy atom. The van der Waals surface area contributed by atoms with E-state index in [9.17, 15) is 0 Å².